The van der Waals surface area contributed by atoms with Crippen LogP contribution in [0.5, 0.6) is 0 Å². The average Bonchev–Trinajstić information content (AvgIpc) is 3.39. The van der Waals surface area contributed by atoms with E-state index in [-0.39, 0.29) is 24.1 Å². The number of nitrogens with zero attached hydrogens (tertiary/aromatic N) is 4. The predicted molar refractivity (Wildman–Crippen MR) is 113 cm³/mol. The molecule has 0 amide bonds. The number of hydrogen-bond acceptors (Lipinski definition) is 7. The third kappa shape index (κ3) is 4.09. The van der Waals surface area contributed by atoms with Crippen LogP contribution in [0.15, 0.2) is 18.3 Å². The first-order valence-corrected chi connectivity index (χ1v) is 10.7. The lowest BCUT2D eigenvalue weighted by atomic mass is 9.92. The number of benzene rings is 1. The van der Waals surface area contributed by atoms with Crippen molar-refractivity contribution in [2.24, 2.45) is 5.73 Å². The van der Waals surface area contributed by atoms with E-state index in [1.165, 1.54) is 0 Å². The molecule has 1 saturated carbocycles. The van der Waals surface area contributed by atoms with Crippen molar-refractivity contribution in [3.8, 4) is 0 Å². The summed E-state index contributed by atoms with van der Waals surface area (Å²) in [5.74, 6) is -2.44. The fraction of sp³-hybridized carbons (Fsp3) is 0.476. The van der Waals surface area contributed by atoms with Crippen molar-refractivity contribution in [1.29, 1.82) is 0 Å². The van der Waals surface area contributed by atoms with Crippen LogP contribution >= 0.6 is 0 Å². The molecule has 1 aliphatic heterocycles. The molecule has 1 saturated heterocycles. The van der Waals surface area contributed by atoms with Gasteiger partial charge < -0.3 is 21.1 Å². The molecule has 2 aromatic heterocycles. The summed E-state index contributed by atoms with van der Waals surface area (Å²) in [6.45, 7) is 0.976. The summed E-state index contributed by atoms with van der Waals surface area (Å²) in [5.41, 5.74) is 6.50. The molecule has 11 heteroatoms. The zero-order valence-corrected chi connectivity index (χ0v) is 17.3. The number of nitrogens with one attached hydrogen (secondary N) is 2. The van der Waals surface area contributed by atoms with Gasteiger partial charge in [-0.3, -0.25) is 4.57 Å². The number of ether oxygens (including phenoxy) is 1. The second kappa shape index (κ2) is 8.55. The molecule has 2 aliphatic rings. The molecule has 8 nitrogen and oxygen atoms in total. The third-order valence-electron chi connectivity index (χ3n) is 6.05. The van der Waals surface area contributed by atoms with Gasteiger partial charge in [0.2, 0.25) is 11.9 Å². The molecule has 0 spiro atoms. The number of aromatic nitrogens is 4. The third-order valence-corrected chi connectivity index (χ3v) is 6.05. The second-order valence-corrected chi connectivity index (χ2v) is 8.35. The maximum absolute atomic E-state index is 14.3. The van der Waals surface area contributed by atoms with E-state index in [2.05, 4.69) is 25.6 Å². The van der Waals surface area contributed by atoms with E-state index >= 15 is 0 Å². The predicted octanol–water partition coefficient (Wildman–Crippen LogP) is 3.63. The van der Waals surface area contributed by atoms with Crippen molar-refractivity contribution in [3.05, 3.63) is 35.8 Å². The number of nitrogens with two attached hydrogens (primary N) is 1. The van der Waals surface area contributed by atoms with Crippen LogP contribution in [0.3, 0.4) is 0 Å². The van der Waals surface area contributed by atoms with Gasteiger partial charge in [-0.2, -0.15) is 4.98 Å². The molecule has 4 N–H and O–H groups in total. The first kappa shape index (κ1) is 21.0. The lowest BCUT2D eigenvalue weighted by Crippen LogP contribution is -2.33. The summed E-state index contributed by atoms with van der Waals surface area (Å²) in [7, 11) is 0. The Hall–Kier alpha value is -2.92. The molecule has 0 unspecified atom stereocenters. The Bertz CT molecular complexity index is 1100. The Morgan fingerprint density at radius 3 is 2.47 bits per heavy atom. The van der Waals surface area contributed by atoms with Crippen LogP contribution in [-0.4, -0.2) is 44.8 Å². The quantitative estimate of drug-likeness (QED) is 0.549. The van der Waals surface area contributed by atoms with Crippen molar-refractivity contribution < 1.29 is 17.9 Å². The number of rotatable bonds is 5. The molecule has 32 heavy (non-hydrogen) atoms. The van der Waals surface area contributed by atoms with E-state index in [9.17, 15) is 13.2 Å². The van der Waals surface area contributed by atoms with E-state index < -0.39 is 23.1 Å². The van der Waals surface area contributed by atoms with Crippen LogP contribution in [0.1, 0.15) is 38.1 Å². The van der Waals surface area contributed by atoms with E-state index in [0.29, 0.717) is 48.9 Å². The van der Waals surface area contributed by atoms with Gasteiger partial charge in [-0.05, 0) is 32.1 Å². The summed E-state index contributed by atoms with van der Waals surface area (Å²) in [6.07, 6.45) is 6.04. The highest BCUT2D eigenvalue weighted by Crippen LogP contribution is 2.32. The Balaban J connectivity index is 1.51. The number of anilines is 3. The highest BCUT2D eigenvalue weighted by atomic mass is 19.1. The van der Waals surface area contributed by atoms with Crippen molar-refractivity contribution in [3.63, 3.8) is 0 Å². The monoisotopic (exact) mass is 447 g/mol. The van der Waals surface area contributed by atoms with Crippen molar-refractivity contribution in [1.82, 2.24) is 19.5 Å². The highest BCUT2D eigenvalue weighted by Gasteiger charge is 2.27. The van der Waals surface area contributed by atoms with E-state index in [1.807, 2.05) is 0 Å². The number of hydrogen-bond donors (Lipinski definition) is 3. The molecule has 2 fully saturated rings. The lowest BCUT2D eigenvalue weighted by Gasteiger charge is -2.26. The molecule has 0 bridgehead atoms. The van der Waals surface area contributed by atoms with Crippen molar-refractivity contribution in [2.75, 3.05) is 23.8 Å². The minimum atomic E-state index is -1.05. The van der Waals surface area contributed by atoms with Gasteiger partial charge in [-0.25, -0.2) is 23.1 Å². The molecule has 1 atom stereocenters. The summed E-state index contributed by atoms with van der Waals surface area (Å²) < 4.78 is 49.1. The largest absolute Gasteiger partial charge is 0.379 e. The van der Waals surface area contributed by atoms with Gasteiger partial charge in [0.05, 0.1) is 18.8 Å². The van der Waals surface area contributed by atoms with Gasteiger partial charge in [-0.15, -0.1) is 0 Å². The zero-order chi connectivity index (χ0) is 22.2. The smallest absolute Gasteiger partial charge is 0.224 e. The molecule has 3 aromatic rings. The number of fused-ring (bicyclic) bond motifs is 1. The standard InChI is InChI=1S/C21H24F3N7O/c22-11-7-15(23)18(16(24)8-11)29-21-28-17-9-26-20(27-13-3-1-12(25)2-4-13)30-19(17)31(21)14-5-6-32-10-14/h7-9,12-14H,1-6,10,25H2,(H,28,29)(H,26,27,30)/t12-,13-,14-/m0/s1. The van der Waals surface area contributed by atoms with Gasteiger partial charge >= 0.3 is 0 Å². The SMILES string of the molecule is N[C@H]1CC[C@H](Nc2ncc3nc(Nc4c(F)cc(F)cc4F)n([C@H]4CCOC4)c3n2)CC1. The molecule has 5 rings (SSSR count). The van der Waals surface area contributed by atoms with E-state index in [4.69, 9.17) is 10.5 Å². The lowest BCUT2D eigenvalue weighted by molar-refractivity contribution is 0.187. The van der Waals surface area contributed by atoms with Gasteiger partial charge in [0, 0.05) is 30.8 Å². The molecule has 170 valence electrons. The Labute approximate surface area is 182 Å². The van der Waals surface area contributed by atoms with Crippen LogP contribution in [-0.2, 0) is 4.74 Å². The van der Waals surface area contributed by atoms with Crippen molar-refractivity contribution in [2.45, 2.75) is 50.2 Å². The summed E-state index contributed by atoms with van der Waals surface area (Å²) in [5, 5.41) is 6.05. The second-order valence-electron chi connectivity index (χ2n) is 8.35. The van der Waals surface area contributed by atoms with Gasteiger partial charge in [0.15, 0.2) is 17.3 Å². The molecule has 0 radical (unpaired) electrons. The molecular formula is C21H24F3N7O. The maximum atomic E-state index is 14.3. The summed E-state index contributed by atoms with van der Waals surface area (Å²) in [4.78, 5) is 13.5. The molecule has 1 aromatic carbocycles. The van der Waals surface area contributed by atoms with Crippen LogP contribution in [0.25, 0.3) is 11.2 Å². The topological polar surface area (TPSA) is 103 Å². The van der Waals surface area contributed by atoms with E-state index in [1.54, 1.807) is 10.8 Å². The first-order chi connectivity index (χ1) is 15.5. The number of halogens is 3. The minimum Gasteiger partial charge on any atom is -0.379 e. The average molecular weight is 447 g/mol. The normalized spacial score (nSPS) is 23.6. The number of imidazole rings is 1. The van der Waals surface area contributed by atoms with E-state index in [0.717, 1.165) is 25.7 Å². The highest BCUT2D eigenvalue weighted by molar-refractivity contribution is 5.76. The van der Waals surface area contributed by atoms with Crippen LogP contribution in [0.2, 0.25) is 0 Å². The van der Waals surface area contributed by atoms with Crippen molar-refractivity contribution >= 4 is 28.7 Å². The van der Waals surface area contributed by atoms with Crippen LogP contribution < -0.4 is 16.4 Å². The fourth-order valence-corrected chi connectivity index (χ4v) is 4.34. The van der Waals surface area contributed by atoms with Crippen LogP contribution in [0.4, 0.5) is 30.8 Å². The molecule has 3 heterocycles. The van der Waals surface area contributed by atoms with Gasteiger partial charge in [-0.1, -0.05) is 0 Å². The minimum absolute atomic E-state index is 0.121. The first-order valence-electron chi connectivity index (χ1n) is 10.7. The van der Waals surface area contributed by atoms with Gasteiger partial charge in [0.1, 0.15) is 17.0 Å². The maximum Gasteiger partial charge on any atom is 0.224 e. The summed E-state index contributed by atoms with van der Waals surface area (Å²) in [6, 6.07) is 1.59. The summed E-state index contributed by atoms with van der Waals surface area (Å²) >= 11 is 0. The fourth-order valence-electron chi connectivity index (χ4n) is 4.34. The zero-order valence-electron chi connectivity index (χ0n) is 17.3. The molecule has 1 aliphatic carbocycles. The Morgan fingerprint density at radius 1 is 1.03 bits per heavy atom. The molecular weight excluding hydrogens is 423 g/mol. The van der Waals surface area contributed by atoms with Crippen LogP contribution in [0, 0.1) is 17.5 Å². The Kier molecular flexibility index (Phi) is 5.60. The van der Waals surface area contributed by atoms with Gasteiger partial charge in [0.25, 0.3) is 0 Å². The Morgan fingerprint density at radius 2 is 1.78 bits per heavy atom.